The first-order valence-electron chi connectivity index (χ1n) is 10.2. The fraction of sp³-hybridized carbons (Fsp3) is 0.348. The molecule has 30 heavy (non-hydrogen) atoms. The molecule has 1 N–H and O–H groups in total. The average molecular weight is 406 g/mol. The van der Waals surface area contributed by atoms with Gasteiger partial charge in [0.2, 0.25) is 11.7 Å². The lowest BCUT2D eigenvalue weighted by molar-refractivity contribution is 0.142. The molecule has 0 radical (unpaired) electrons. The van der Waals surface area contributed by atoms with Gasteiger partial charge in [0, 0.05) is 17.8 Å². The standard InChI is InChI=1S/C23H26N4O3/c1-15-7-12-19(16(2)14-15)24-23(28)27-13-5-4-6-20(27)22-25-21(26-30-22)17-8-10-18(29-3)11-9-17/h7-12,14,20H,4-6,13H2,1-3H3,(H,24,28)/t20-/m1/s1. The lowest BCUT2D eigenvalue weighted by atomic mass is 10.0. The summed E-state index contributed by atoms with van der Waals surface area (Å²) in [5.74, 6) is 1.74. The molecular weight excluding hydrogens is 380 g/mol. The number of methoxy groups -OCH3 is 1. The number of nitrogens with zero attached hydrogens (tertiary/aromatic N) is 3. The predicted molar refractivity (Wildman–Crippen MR) is 115 cm³/mol. The van der Waals surface area contributed by atoms with E-state index < -0.39 is 0 Å². The van der Waals surface area contributed by atoms with Crippen molar-refractivity contribution in [3.05, 3.63) is 59.5 Å². The minimum absolute atomic E-state index is 0.143. The van der Waals surface area contributed by atoms with E-state index in [0.29, 0.717) is 18.3 Å². The van der Waals surface area contributed by atoms with Gasteiger partial charge in [-0.3, -0.25) is 0 Å². The van der Waals surface area contributed by atoms with Crippen molar-refractivity contribution in [1.29, 1.82) is 0 Å². The molecule has 1 aliphatic heterocycles. The van der Waals surface area contributed by atoms with Crippen molar-refractivity contribution < 1.29 is 14.1 Å². The van der Waals surface area contributed by atoms with Crippen molar-refractivity contribution in [2.75, 3.05) is 19.0 Å². The first-order valence-corrected chi connectivity index (χ1v) is 10.2. The van der Waals surface area contributed by atoms with E-state index in [4.69, 9.17) is 9.26 Å². The van der Waals surface area contributed by atoms with E-state index in [1.54, 1.807) is 12.0 Å². The summed E-state index contributed by atoms with van der Waals surface area (Å²) < 4.78 is 10.8. The Morgan fingerprint density at radius 2 is 1.97 bits per heavy atom. The predicted octanol–water partition coefficient (Wildman–Crippen LogP) is 5.12. The van der Waals surface area contributed by atoms with Crippen molar-refractivity contribution in [3.8, 4) is 17.1 Å². The maximum atomic E-state index is 13.0. The van der Waals surface area contributed by atoms with E-state index in [2.05, 4.69) is 21.5 Å². The maximum absolute atomic E-state index is 13.0. The fourth-order valence-electron chi connectivity index (χ4n) is 3.80. The summed E-state index contributed by atoms with van der Waals surface area (Å²) in [6, 6.07) is 13.1. The van der Waals surface area contributed by atoms with Crippen LogP contribution >= 0.6 is 0 Å². The van der Waals surface area contributed by atoms with E-state index in [1.807, 2.05) is 50.2 Å². The van der Waals surface area contributed by atoms with Gasteiger partial charge in [-0.1, -0.05) is 22.9 Å². The van der Waals surface area contributed by atoms with E-state index >= 15 is 0 Å². The van der Waals surface area contributed by atoms with Gasteiger partial charge in [0.15, 0.2) is 0 Å². The van der Waals surface area contributed by atoms with Crippen molar-refractivity contribution in [2.24, 2.45) is 0 Å². The maximum Gasteiger partial charge on any atom is 0.322 e. The van der Waals surface area contributed by atoms with Gasteiger partial charge in [0.1, 0.15) is 11.8 Å². The van der Waals surface area contributed by atoms with Crippen LogP contribution in [0.3, 0.4) is 0 Å². The largest absolute Gasteiger partial charge is 0.497 e. The van der Waals surface area contributed by atoms with Gasteiger partial charge in [0.25, 0.3) is 0 Å². The molecule has 1 fully saturated rings. The number of aryl methyl sites for hydroxylation is 2. The van der Waals surface area contributed by atoms with Crippen LogP contribution in [-0.4, -0.2) is 34.7 Å². The van der Waals surface area contributed by atoms with Crippen LogP contribution in [0.15, 0.2) is 47.0 Å². The molecule has 0 aliphatic carbocycles. The van der Waals surface area contributed by atoms with Crippen LogP contribution in [0, 0.1) is 13.8 Å². The highest BCUT2D eigenvalue weighted by atomic mass is 16.5. The molecule has 1 aromatic heterocycles. The van der Waals surface area contributed by atoms with Gasteiger partial charge in [0.05, 0.1) is 7.11 Å². The number of carbonyl (C=O) groups excluding carboxylic acids is 1. The normalized spacial score (nSPS) is 16.4. The Bertz CT molecular complexity index is 1030. The van der Waals surface area contributed by atoms with E-state index in [0.717, 1.165) is 41.8 Å². The Balaban J connectivity index is 1.53. The number of hydrogen-bond donors (Lipinski definition) is 1. The summed E-state index contributed by atoms with van der Waals surface area (Å²) in [5, 5.41) is 7.17. The molecule has 2 amide bonds. The number of nitrogens with one attached hydrogen (secondary N) is 1. The van der Waals surface area contributed by atoms with E-state index in [9.17, 15) is 4.79 Å². The Hall–Kier alpha value is -3.35. The Morgan fingerprint density at radius 3 is 2.70 bits per heavy atom. The van der Waals surface area contributed by atoms with Crippen LogP contribution in [-0.2, 0) is 0 Å². The fourth-order valence-corrected chi connectivity index (χ4v) is 3.80. The third-order valence-corrected chi connectivity index (χ3v) is 5.46. The molecule has 0 bridgehead atoms. The number of amides is 2. The lowest BCUT2D eigenvalue weighted by Gasteiger charge is -2.33. The zero-order chi connectivity index (χ0) is 21.1. The third kappa shape index (κ3) is 4.15. The van der Waals surface area contributed by atoms with Crippen molar-refractivity contribution in [2.45, 2.75) is 39.2 Å². The molecule has 0 unspecified atom stereocenters. The van der Waals surface area contributed by atoms with Gasteiger partial charge in [-0.2, -0.15) is 4.98 Å². The van der Waals surface area contributed by atoms with Crippen LogP contribution in [0.5, 0.6) is 5.75 Å². The molecule has 1 saturated heterocycles. The molecule has 2 aromatic carbocycles. The smallest absolute Gasteiger partial charge is 0.322 e. The SMILES string of the molecule is COc1ccc(-c2noc([C@H]3CCCCN3C(=O)Nc3ccc(C)cc3C)n2)cc1. The Labute approximate surface area is 176 Å². The second-order valence-electron chi connectivity index (χ2n) is 7.64. The van der Waals surface area contributed by atoms with Crippen LogP contribution in [0.1, 0.15) is 42.3 Å². The quantitative estimate of drug-likeness (QED) is 0.650. The second-order valence-corrected chi connectivity index (χ2v) is 7.64. The second kappa shape index (κ2) is 8.57. The molecule has 4 rings (SSSR count). The number of likely N-dealkylation sites (tertiary alicyclic amines) is 1. The summed E-state index contributed by atoms with van der Waals surface area (Å²) >= 11 is 0. The zero-order valence-corrected chi connectivity index (χ0v) is 17.5. The van der Waals surface area contributed by atoms with Crippen molar-refractivity contribution in [3.63, 3.8) is 0 Å². The minimum Gasteiger partial charge on any atom is -0.497 e. The highest BCUT2D eigenvalue weighted by Gasteiger charge is 2.32. The highest BCUT2D eigenvalue weighted by Crippen LogP contribution is 2.32. The number of aromatic nitrogens is 2. The molecule has 1 atom stereocenters. The zero-order valence-electron chi connectivity index (χ0n) is 17.5. The third-order valence-electron chi connectivity index (χ3n) is 5.46. The summed E-state index contributed by atoms with van der Waals surface area (Å²) in [6.07, 6.45) is 2.76. The number of benzene rings is 2. The summed E-state index contributed by atoms with van der Waals surface area (Å²) in [5.41, 5.74) is 3.86. The van der Waals surface area contributed by atoms with Gasteiger partial charge in [-0.25, -0.2) is 4.79 Å². The summed E-state index contributed by atoms with van der Waals surface area (Å²) in [6.45, 7) is 4.69. The molecule has 3 aromatic rings. The van der Waals surface area contributed by atoms with Crippen LogP contribution in [0.2, 0.25) is 0 Å². The molecule has 2 heterocycles. The van der Waals surface area contributed by atoms with Crippen LogP contribution < -0.4 is 10.1 Å². The Morgan fingerprint density at radius 1 is 1.17 bits per heavy atom. The van der Waals surface area contributed by atoms with Crippen LogP contribution in [0.4, 0.5) is 10.5 Å². The average Bonchev–Trinajstić information content (AvgIpc) is 3.26. The highest BCUT2D eigenvalue weighted by molar-refractivity contribution is 5.90. The van der Waals surface area contributed by atoms with Gasteiger partial charge < -0.3 is 19.5 Å². The first-order chi connectivity index (χ1) is 14.5. The minimum atomic E-state index is -0.232. The molecule has 7 heteroatoms. The summed E-state index contributed by atoms with van der Waals surface area (Å²) in [7, 11) is 1.63. The number of hydrogen-bond acceptors (Lipinski definition) is 5. The lowest BCUT2D eigenvalue weighted by Crippen LogP contribution is -2.41. The number of anilines is 1. The summed E-state index contributed by atoms with van der Waals surface area (Å²) in [4.78, 5) is 19.4. The molecule has 1 aliphatic rings. The van der Waals surface area contributed by atoms with Gasteiger partial charge >= 0.3 is 6.03 Å². The number of rotatable bonds is 4. The number of carbonyl (C=O) groups is 1. The molecule has 7 nitrogen and oxygen atoms in total. The van der Waals surface area contributed by atoms with Crippen molar-refractivity contribution in [1.82, 2.24) is 15.0 Å². The van der Waals surface area contributed by atoms with E-state index in [1.165, 1.54) is 5.56 Å². The number of piperidine rings is 1. The van der Waals surface area contributed by atoms with Gasteiger partial charge in [-0.05, 0) is 69.0 Å². The topological polar surface area (TPSA) is 80.5 Å². The molecule has 0 saturated carbocycles. The molecule has 0 spiro atoms. The monoisotopic (exact) mass is 406 g/mol. The molecule has 156 valence electrons. The van der Waals surface area contributed by atoms with Crippen molar-refractivity contribution >= 4 is 11.7 Å². The van der Waals surface area contributed by atoms with E-state index in [-0.39, 0.29) is 12.1 Å². The first kappa shape index (κ1) is 19.9. The van der Waals surface area contributed by atoms with Gasteiger partial charge in [-0.15, -0.1) is 0 Å². The Kier molecular flexibility index (Phi) is 5.70. The number of ether oxygens (including phenoxy) is 1. The number of urea groups is 1. The van der Waals surface area contributed by atoms with Crippen LogP contribution in [0.25, 0.3) is 11.4 Å². The molecular formula is C23H26N4O3.